The molecular formula is C10H16N2S2. The van der Waals surface area contributed by atoms with Crippen molar-refractivity contribution < 1.29 is 0 Å². The van der Waals surface area contributed by atoms with Crippen LogP contribution < -0.4 is 5.32 Å². The van der Waals surface area contributed by atoms with Gasteiger partial charge >= 0.3 is 0 Å². The predicted molar refractivity (Wildman–Crippen MR) is 66.2 cm³/mol. The average Bonchev–Trinajstić information content (AvgIpc) is 2.26. The molecule has 0 saturated carbocycles. The molecule has 1 unspecified atom stereocenters. The summed E-state index contributed by atoms with van der Waals surface area (Å²) in [7, 11) is 0. The second kappa shape index (κ2) is 6.32. The highest BCUT2D eigenvalue weighted by molar-refractivity contribution is 7.98. The van der Waals surface area contributed by atoms with E-state index < -0.39 is 0 Å². The fourth-order valence-electron chi connectivity index (χ4n) is 0.993. The van der Waals surface area contributed by atoms with Gasteiger partial charge in [0.15, 0.2) is 0 Å². The maximum Gasteiger partial charge on any atom is 0.0957 e. The molecule has 14 heavy (non-hydrogen) atoms. The minimum Gasteiger partial charge on any atom is -0.309 e. The van der Waals surface area contributed by atoms with Crippen molar-refractivity contribution >= 4 is 24.4 Å². The van der Waals surface area contributed by atoms with Gasteiger partial charge in [0.05, 0.1) is 5.03 Å². The Morgan fingerprint density at radius 3 is 2.86 bits per heavy atom. The van der Waals surface area contributed by atoms with E-state index in [0.717, 1.165) is 17.3 Å². The normalized spacial score (nSPS) is 12.8. The summed E-state index contributed by atoms with van der Waals surface area (Å²) in [6.07, 6.45) is 3.95. The standard InChI is InChI=1S/C10H16N2S2/c1-8(7-13)11-5-9-3-4-10(14-2)12-6-9/h3-4,6,8,11,13H,5,7H2,1-2H3. The number of thiol groups is 1. The summed E-state index contributed by atoms with van der Waals surface area (Å²) in [6.45, 7) is 2.99. The molecule has 0 aliphatic carbocycles. The van der Waals surface area contributed by atoms with Crippen molar-refractivity contribution in [1.29, 1.82) is 0 Å². The number of hydrogen-bond donors (Lipinski definition) is 2. The number of rotatable bonds is 5. The molecule has 0 aromatic carbocycles. The van der Waals surface area contributed by atoms with E-state index >= 15 is 0 Å². The first-order chi connectivity index (χ1) is 6.76. The molecule has 1 atom stereocenters. The van der Waals surface area contributed by atoms with E-state index in [0.29, 0.717) is 6.04 Å². The third-order valence-electron chi connectivity index (χ3n) is 1.94. The summed E-state index contributed by atoms with van der Waals surface area (Å²) >= 11 is 5.87. The first-order valence-corrected chi connectivity index (χ1v) is 6.45. The van der Waals surface area contributed by atoms with Gasteiger partial charge in [0.25, 0.3) is 0 Å². The molecule has 0 aliphatic rings. The molecule has 0 aliphatic heterocycles. The topological polar surface area (TPSA) is 24.9 Å². The number of hydrogen-bond acceptors (Lipinski definition) is 4. The number of thioether (sulfide) groups is 1. The number of pyridine rings is 1. The molecule has 0 saturated heterocycles. The van der Waals surface area contributed by atoms with Crippen LogP contribution in [0, 0.1) is 0 Å². The van der Waals surface area contributed by atoms with E-state index in [1.807, 2.05) is 18.5 Å². The van der Waals surface area contributed by atoms with Crippen LogP contribution in [0.5, 0.6) is 0 Å². The zero-order chi connectivity index (χ0) is 10.4. The summed E-state index contributed by atoms with van der Waals surface area (Å²) in [5.41, 5.74) is 1.22. The molecule has 1 heterocycles. The largest absolute Gasteiger partial charge is 0.309 e. The highest BCUT2D eigenvalue weighted by Crippen LogP contribution is 2.10. The lowest BCUT2D eigenvalue weighted by atomic mass is 10.2. The van der Waals surface area contributed by atoms with E-state index in [1.165, 1.54) is 5.56 Å². The second-order valence-corrected chi connectivity index (χ2v) is 4.37. The summed E-state index contributed by atoms with van der Waals surface area (Å²) < 4.78 is 0. The summed E-state index contributed by atoms with van der Waals surface area (Å²) in [5, 5.41) is 4.43. The SMILES string of the molecule is CSc1ccc(CNC(C)CS)cn1. The van der Waals surface area contributed by atoms with Gasteiger partial charge in [0.2, 0.25) is 0 Å². The van der Waals surface area contributed by atoms with E-state index in [9.17, 15) is 0 Å². The first kappa shape index (κ1) is 11.9. The molecule has 0 bridgehead atoms. The second-order valence-electron chi connectivity index (χ2n) is 3.17. The molecule has 4 heteroatoms. The molecule has 2 nitrogen and oxygen atoms in total. The number of nitrogens with zero attached hydrogens (tertiary/aromatic N) is 1. The molecule has 1 rings (SSSR count). The van der Waals surface area contributed by atoms with Crippen LogP contribution >= 0.6 is 24.4 Å². The third-order valence-corrected chi connectivity index (χ3v) is 3.14. The smallest absolute Gasteiger partial charge is 0.0957 e. The van der Waals surface area contributed by atoms with Gasteiger partial charge in [0, 0.05) is 24.5 Å². The quantitative estimate of drug-likeness (QED) is 0.597. The molecule has 1 aromatic rings. The van der Waals surface area contributed by atoms with E-state index in [1.54, 1.807) is 11.8 Å². The van der Waals surface area contributed by atoms with Crippen LogP contribution in [0.1, 0.15) is 12.5 Å². The van der Waals surface area contributed by atoms with Crippen LogP contribution in [0.25, 0.3) is 0 Å². The van der Waals surface area contributed by atoms with Gasteiger partial charge in [-0.25, -0.2) is 4.98 Å². The molecule has 1 aromatic heterocycles. The Labute approximate surface area is 95.3 Å². The first-order valence-electron chi connectivity index (χ1n) is 4.59. The van der Waals surface area contributed by atoms with Gasteiger partial charge in [-0.15, -0.1) is 11.8 Å². The maximum absolute atomic E-state index is 4.30. The summed E-state index contributed by atoms with van der Waals surface area (Å²) in [6, 6.07) is 4.60. The minimum absolute atomic E-state index is 0.443. The lowest BCUT2D eigenvalue weighted by Crippen LogP contribution is -2.26. The van der Waals surface area contributed by atoms with Crippen molar-refractivity contribution in [2.45, 2.75) is 24.5 Å². The highest BCUT2D eigenvalue weighted by atomic mass is 32.2. The number of aromatic nitrogens is 1. The van der Waals surface area contributed by atoms with Crippen LogP contribution in [0.2, 0.25) is 0 Å². The molecule has 1 N–H and O–H groups in total. The van der Waals surface area contributed by atoms with E-state index in [2.05, 4.69) is 35.9 Å². The van der Waals surface area contributed by atoms with Crippen molar-refractivity contribution in [3.8, 4) is 0 Å². The van der Waals surface area contributed by atoms with Gasteiger partial charge in [-0.3, -0.25) is 0 Å². The van der Waals surface area contributed by atoms with Crippen molar-refractivity contribution in [3.05, 3.63) is 23.9 Å². The fraction of sp³-hybridized carbons (Fsp3) is 0.500. The van der Waals surface area contributed by atoms with Crippen molar-refractivity contribution in [2.75, 3.05) is 12.0 Å². The fourth-order valence-corrected chi connectivity index (χ4v) is 1.48. The Hall–Kier alpha value is -0.190. The van der Waals surface area contributed by atoms with Gasteiger partial charge in [-0.2, -0.15) is 12.6 Å². The Bertz CT molecular complexity index is 261. The summed E-state index contributed by atoms with van der Waals surface area (Å²) in [4.78, 5) is 4.30. The van der Waals surface area contributed by atoms with Crippen LogP contribution in [-0.4, -0.2) is 23.0 Å². The predicted octanol–water partition coefficient (Wildman–Crippen LogP) is 2.21. The van der Waals surface area contributed by atoms with Crippen LogP contribution in [-0.2, 0) is 6.54 Å². The Kier molecular flexibility index (Phi) is 5.37. The van der Waals surface area contributed by atoms with Gasteiger partial charge < -0.3 is 5.32 Å². The van der Waals surface area contributed by atoms with E-state index in [4.69, 9.17) is 0 Å². The van der Waals surface area contributed by atoms with Crippen LogP contribution in [0.15, 0.2) is 23.4 Å². The molecule has 78 valence electrons. The third kappa shape index (κ3) is 3.90. The van der Waals surface area contributed by atoms with Crippen molar-refractivity contribution in [3.63, 3.8) is 0 Å². The highest BCUT2D eigenvalue weighted by Gasteiger charge is 1.99. The van der Waals surface area contributed by atoms with Crippen molar-refractivity contribution in [2.24, 2.45) is 0 Å². The van der Waals surface area contributed by atoms with Gasteiger partial charge in [-0.1, -0.05) is 6.07 Å². The summed E-state index contributed by atoms with van der Waals surface area (Å²) in [5.74, 6) is 0.857. The number of nitrogens with one attached hydrogen (secondary N) is 1. The maximum atomic E-state index is 4.30. The van der Waals surface area contributed by atoms with Crippen molar-refractivity contribution in [1.82, 2.24) is 10.3 Å². The van der Waals surface area contributed by atoms with Gasteiger partial charge in [-0.05, 0) is 24.8 Å². The van der Waals surface area contributed by atoms with E-state index in [-0.39, 0.29) is 0 Å². The lowest BCUT2D eigenvalue weighted by molar-refractivity contribution is 0.595. The Morgan fingerprint density at radius 2 is 2.36 bits per heavy atom. The Morgan fingerprint density at radius 1 is 1.57 bits per heavy atom. The zero-order valence-electron chi connectivity index (χ0n) is 8.53. The minimum atomic E-state index is 0.443. The molecular weight excluding hydrogens is 212 g/mol. The molecule has 0 radical (unpaired) electrons. The molecule has 0 spiro atoms. The monoisotopic (exact) mass is 228 g/mol. The molecule has 0 amide bonds. The average molecular weight is 228 g/mol. The lowest BCUT2D eigenvalue weighted by Gasteiger charge is -2.10. The molecule has 0 fully saturated rings. The van der Waals surface area contributed by atoms with Crippen LogP contribution in [0.3, 0.4) is 0 Å². The van der Waals surface area contributed by atoms with Crippen LogP contribution in [0.4, 0.5) is 0 Å². The zero-order valence-corrected chi connectivity index (χ0v) is 10.2. The Balaban J connectivity index is 2.43. The van der Waals surface area contributed by atoms with Gasteiger partial charge in [0.1, 0.15) is 0 Å².